The first-order valence-electron chi connectivity index (χ1n) is 6.84. The fourth-order valence-electron chi connectivity index (χ4n) is 2.08. The molecule has 3 rings (SSSR count). The van der Waals surface area contributed by atoms with E-state index in [0.29, 0.717) is 40.8 Å². The van der Waals surface area contributed by atoms with Crippen molar-refractivity contribution in [3.05, 3.63) is 42.2 Å². The highest BCUT2D eigenvalue weighted by Crippen LogP contribution is 2.36. The van der Waals surface area contributed by atoms with Crippen LogP contribution in [-0.2, 0) is 11.0 Å². The first kappa shape index (κ1) is 14.9. The first-order chi connectivity index (χ1) is 10.4. The van der Waals surface area contributed by atoms with Crippen LogP contribution in [0.3, 0.4) is 0 Å². The average Bonchev–Trinajstić information content (AvgIpc) is 2.93. The van der Waals surface area contributed by atoms with Crippen molar-refractivity contribution in [3.8, 4) is 11.4 Å². The van der Waals surface area contributed by atoms with E-state index < -0.39 is 7.14 Å². The highest BCUT2D eigenvalue weighted by atomic mass is 31.2. The van der Waals surface area contributed by atoms with Crippen molar-refractivity contribution in [2.24, 2.45) is 0 Å². The van der Waals surface area contributed by atoms with Crippen molar-refractivity contribution in [3.63, 3.8) is 0 Å². The zero-order valence-corrected chi connectivity index (χ0v) is 13.2. The second kappa shape index (κ2) is 5.61. The van der Waals surface area contributed by atoms with Crippen LogP contribution in [0.1, 0.15) is 5.89 Å². The van der Waals surface area contributed by atoms with Gasteiger partial charge in [0.25, 0.3) is 0 Å². The number of pyridine rings is 1. The van der Waals surface area contributed by atoms with Gasteiger partial charge in [0.1, 0.15) is 11.3 Å². The van der Waals surface area contributed by atoms with Crippen molar-refractivity contribution >= 4 is 18.0 Å². The van der Waals surface area contributed by atoms with Crippen LogP contribution in [-0.4, -0.2) is 34.6 Å². The number of rotatable bonds is 4. The van der Waals surface area contributed by atoms with Crippen molar-refractivity contribution in [1.82, 2.24) is 15.1 Å². The highest BCUT2D eigenvalue weighted by Gasteiger charge is 2.14. The quantitative estimate of drug-likeness (QED) is 0.687. The van der Waals surface area contributed by atoms with Gasteiger partial charge in [0, 0.05) is 29.7 Å². The van der Waals surface area contributed by atoms with Gasteiger partial charge in [-0.1, -0.05) is 17.3 Å². The summed E-state index contributed by atoms with van der Waals surface area (Å²) in [4.78, 5) is 8.39. The number of halogens is 1. The lowest BCUT2D eigenvalue weighted by Gasteiger charge is -2.02. The molecule has 0 spiro atoms. The summed E-state index contributed by atoms with van der Waals surface area (Å²) in [7, 11) is -2.11. The molecule has 3 aromatic rings. The number of fused-ring (bicyclic) bond motifs is 1. The van der Waals surface area contributed by atoms with E-state index in [1.165, 1.54) is 12.3 Å². The Labute approximate surface area is 126 Å². The van der Waals surface area contributed by atoms with E-state index in [0.717, 1.165) is 0 Å². The van der Waals surface area contributed by atoms with E-state index in [1.54, 1.807) is 31.5 Å². The zero-order chi connectivity index (χ0) is 15.7. The number of para-hydroxylation sites is 1. The van der Waals surface area contributed by atoms with Crippen LogP contribution < -0.4 is 0 Å². The predicted octanol–water partition coefficient (Wildman–Crippen LogP) is 3.59. The largest absolute Gasteiger partial charge is 0.339 e. The van der Waals surface area contributed by atoms with Gasteiger partial charge in [0.2, 0.25) is 11.7 Å². The molecule has 0 aliphatic rings. The van der Waals surface area contributed by atoms with Crippen LogP contribution in [0.25, 0.3) is 22.3 Å². The van der Waals surface area contributed by atoms with Gasteiger partial charge in [-0.2, -0.15) is 4.98 Å². The molecule has 0 N–H and O–H groups in total. The predicted molar refractivity (Wildman–Crippen MR) is 83.0 cm³/mol. The minimum absolute atomic E-state index is 0.313. The van der Waals surface area contributed by atoms with E-state index in [-0.39, 0.29) is 5.82 Å². The highest BCUT2D eigenvalue weighted by molar-refractivity contribution is 7.62. The molecule has 2 heterocycles. The third kappa shape index (κ3) is 3.22. The number of aromatic nitrogens is 3. The Hall–Kier alpha value is -2.07. The molecule has 5 nitrogen and oxygen atoms in total. The van der Waals surface area contributed by atoms with E-state index in [1.807, 2.05) is 0 Å². The zero-order valence-electron chi connectivity index (χ0n) is 12.3. The average molecular weight is 319 g/mol. The molecule has 0 amide bonds. The van der Waals surface area contributed by atoms with Crippen LogP contribution in [0.5, 0.6) is 0 Å². The summed E-state index contributed by atoms with van der Waals surface area (Å²) in [6.07, 6.45) is 2.52. The molecule has 0 atom stereocenters. The summed E-state index contributed by atoms with van der Waals surface area (Å²) in [6, 6.07) is 6.55. The van der Waals surface area contributed by atoms with Crippen molar-refractivity contribution in [2.75, 3.05) is 19.5 Å². The van der Waals surface area contributed by atoms with Gasteiger partial charge in [-0.3, -0.25) is 4.98 Å². The van der Waals surface area contributed by atoms with Gasteiger partial charge in [-0.05, 0) is 25.5 Å². The van der Waals surface area contributed by atoms with Crippen molar-refractivity contribution < 1.29 is 13.5 Å². The van der Waals surface area contributed by atoms with E-state index in [2.05, 4.69) is 15.1 Å². The number of nitrogens with zero attached hydrogens (tertiary/aromatic N) is 3. The maximum atomic E-state index is 13.6. The van der Waals surface area contributed by atoms with Gasteiger partial charge in [0.05, 0.1) is 7.14 Å². The molecule has 0 unspecified atom stereocenters. The molecule has 0 fully saturated rings. The SMILES string of the molecule is CP(C)(=O)CCc1nc(-c2cnc3c(F)cccc3c2)no1. The Kier molecular flexibility index (Phi) is 3.79. The summed E-state index contributed by atoms with van der Waals surface area (Å²) >= 11 is 0. The molecule has 0 aliphatic carbocycles. The van der Waals surface area contributed by atoms with Crippen molar-refractivity contribution in [1.29, 1.82) is 0 Å². The Bertz CT molecular complexity index is 872. The van der Waals surface area contributed by atoms with Crippen LogP contribution in [0.2, 0.25) is 0 Å². The van der Waals surface area contributed by atoms with Gasteiger partial charge in [0.15, 0.2) is 0 Å². The molecule has 2 aromatic heterocycles. The minimum Gasteiger partial charge on any atom is -0.339 e. The lowest BCUT2D eigenvalue weighted by molar-refractivity contribution is 0.383. The molecular weight excluding hydrogens is 304 g/mol. The van der Waals surface area contributed by atoms with Gasteiger partial charge in [-0.25, -0.2) is 4.39 Å². The molecular formula is C15H15FN3O2P. The molecule has 0 aliphatic heterocycles. The molecule has 0 bridgehead atoms. The number of aryl methyl sites for hydroxylation is 1. The Morgan fingerprint density at radius 3 is 2.91 bits per heavy atom. The monoisotopic (exact) mass is 319 g/mol. The molecule has 1 aromatic carbocycles. The van der Waals surface area contributed by atoms with E-state index in [4.69, 9.17) is 4.52 Å². The Morgan fingerprint density at radius 2 is 2.14 bits per heavy atom. The Balaban J connectivity index is 1.88. The van der Waals surface area contributed by atoms with Crippen LogP contribution in [0.4, 0.5) is 4.39 Å². The summed E-state index contributed by atoms with van der Waals surface area (Å²) in [5.41, 5.74) is 0.970. The molecule has 0 saturated carbocycles. The third-order valence-electron chi connectivity index (χ3n) is 3.25. The van der Waals surface area contributed by atoms with E-state index in [9.17, 15) is 8.96 Å². The lowest BCUT2D eigenvalue weighted by atomic mass is 10.1. The van der Waals surface area contributed by atoms with Gasteiger partial charge < -0.3 is 9.09 Å². The normalized spacial score (nSPS) is 12.0. The topological polar surface area (TPSA) is 68.9 Å². The molecule has 7 heteroatoms. The standard InChI is InChI=1S/C15H15FN3O2P/c1-22(2,20)7-6-13-18-15(19-21-13)11-8-10-4-3-5-12(16)14(10)17-9-11/h3-5,8-9H,6-7H2,1-2H3. The smallest absolute Gasteiger partial charge is 0.227 e. The number of hydrogen-bond acceptors (Lipinski definition) is 5. The van der Waals surface area contributed by atoms with Crippen LogP contribution >= 0.6 is 7.14 Å². The minimum atomic E-state index is -2.11. The summed E-state index contributed by atoms with van der Waals surface area (Å²) < 4.78 is 30.5. The first-order valence-corrected chi connectivity index (χ1v) is 9.62. The molecule has 0 radical (unpaired) electrons. The maximum absolute atomic E-state index is 13.6. The molecule has 22 heavy (non-hydrogen) atoms. The number of benzene rings is 1. The fraction of sp³-hybridized carbons (Fsp3) is 0.267. The second-order valence-electron chi connectivity index (χ2n) is 5.59. The molecule has 114 valence electrons. The Morgan fingerprint density at radius 1 is 1.32 bits per heavy atom. The third-order valence-corrected chi connectivity index (χ3v) is 4.55. The second-order valence-corrected chi connectivity index (χ2v) is 9.19. The molecule has 0 saturated heterocycles. The summed E-state index contributed by atoms with van der Waals surface area (Å²) in [5.74, 6) is 0.480. The van der Waals surface area contributed by atoms with E-state index >= 15 is 0 Å². The van der Waals surface area contributed by atoms with Gasteiger partial charge >= 0.3 is 0 Å². The fourth-order valence-corrected chi connectivity index (χ4v) is 2.81. The number of hydrogen-bond donors (Lipinski definition) is 0. The van der Waals surface area contributed by atoms with Gasteiger partial charge in [-0.15, -0.1) is 0 Å². The van der Waals surface area contributed by atoms with Crippen LogP contribution in [0, 0.1) is 5.82 Å². The van der Waals surface area contributed by atoms with Crippen LogP contribution in [0.15, 0.2) is 35.0 Å². The summed E-state index contributed by atoms with van der Waals surface area (Å²) in [5, 5.41) is 4.58. The maximum Gasteiger partial charge on any atom is 0.227 e. The lowest BCUT2D eigenvalue weighted by Crippen LogP contribution is -1.93. The summed E-state index contributed by atoms with van der Waals surface area (Å²) in [6.45, 7) is 3.46. The van der Waals surface area contributed by atoms with Crippen molar-refractivity contribution in [2.45, 2.75) is 6.42 Å².